The number of H-pyrrole nitrogens is 1. The summed E-state index contributed by atoms with van der Waals surface area (Å²) >= 11 is 0. The number of carbonyl (C=O) groups is 1. The second kappa shape index (κ2) is 8.79. The number of alkyl halides is 2. The highest BCUT2D eigenvalue weighted by molar-refractivity contribution is 5.73. The number of nitrogens with one attached hydrogen (secondary N) is 1. The van der Waals surface area contributed by atoms with E-state index in [2.05, 4.69) is 15.1 Å². The highest BCUT2D eigenvalue weighted by Gasteiger charge is 2.36. The van der Waals surface area contributed by atoms with Crippen molar-refractivity contribution in [1.82, 2.24) is 24.6 Å². The van der Waals surface area contributed by atoms with Gasteiger partial charge in [0.15, 0.2) is 5.65 Å². The molecule has 0 aromatic carbocycles. The molecular weight excluding hydrogens is 396 g/mol. The highest BCUT2D eigenvalue weighted by Crippen LogP contribution is 2.39. The summed E-state index contributed by atoms with van der Waals surface area (Å²) in [4.78, 5) is 31.3. The summed E-state index contributed by atoms with van der Waals surface area (Å²) in [6, 6.07) is -0.0966. The number of fused-ring (bicyclic) bond motifs is 1. The molecule has 3 heterocycles. The molecule has 3 fully saturated rings. The molecule has 0 atom stereocenters. The Kier molecular flexibility index (Phi) is 6.12. The zero-order valence-corrected chi connectivity index (χ0v) is 16.9. The van der Waals surface area contributed by atoms with Gasteiger partial charge in [0.2, 0.25) is 12.3 Å². The molecule has 2 aliphatic carbocycles. The number of carbonyl (C=O) groups excluding carboxylic acids is 1. The summed E-state index contributed by atoms with van der Waals surface area (Å²) in [5.74, 6) is -1.54. The lowest BCUT2D eigenvalue weighted by Crippen LogP contribution is -2.34. The fourth-order valence-corrected chi connectivity index (χ4v) is 4.05. The Morgan fingerprint density at radius 1 is 1.17 bits per heavy atom. The van der Waals surface area contributed by atoms with Crippen molar-refractivity contribution in [2.45, 2.75) is 62.8 Å². The molecule has 0 bridgehead atoms. The lowest BCUT2D eigenvalue weighted by Gasteiger charge is -2.28. The average Bonchev–Trinajstić information content (AvgIpc) is 3.12. The van der Waals surface area contributed by atoms with Crippen LogP contribution in [0, 0.1) is 0 Å². The van der Waals surface area contributed by atoms with Crippen LogP contribution in [0.15, 0.2) is 11.0 Å². The summed E-state index contributed by atoms with van der Waals surface area (Å²) < 4.78 is 33.3. The Labute approximate surface area is 172 Å². The number of halogens is 2. The number of rotatable bonds is 3. The van der Waals surface area contributed by atoms with E-state index in [0.717, 1.165) is 38.8 Å². The number of morpholine rings is 1. The zero-order valence-electron chi connectivity index (χ0n) is 16.9. The van der Waals surface area contributed by atoms with E-state index < -0.39 is 5.92 Å². The van der Waals surface area contributed by atoms with E-state index >= 15 is 0 Å². The van der Waals surface area contributed by atoms with E-state index in [4.69, 9.17) is 4.74 Å². The van der Waals surface area contributed by atoms with Gasteiger partial charge >= 0.3 is 0 Å². The van der Waals surface area contributed by atoms with Gasteiger partial charge in [0.1, 0.15) is 11.2 Å². The maximum atomic E-state index is 13.3. The predicted molar refractivity (Wildman–Crippen MR) is 106 cm³/mol. The molecule has 30 heavy (non-hydrogen) atoms. The van der Waals surface area contributed by atoms with Crippen LogP contribution in [0.5, 0.6) is 0 Å². The first-order valence-corrected chi connectivity index (χ1v) is 10.6. The van der Waals surface area contributed by atoms with Crippen LogP contribution in [0.3, 0.4) is 0 Å². The number of nitrogens with zero attached hydrogens (tertiary/aromatic N) is 4. The quantitative estimate of drug-likeness (QED) is 0.766. The van der Waals surface area contributed by atoms with Crippen LogP contribution in [0.1, 0.15) is 62.7 Å². The van der Waals surface area contributed by atoms with Crippen LogP contribution in [-0.4, -0.2) is 63.3 Å². The van der Waals surface area contributed by atoms with Crippen molar-refractivity contribution < 1.29 is 18.3 Å². The minimum atomic E-state index is -2.57. The Morgan fingerprint density at radius 3 is 2.43 bits per heavy atom. The van der Waals surface area contributed by atoms with Crippen molar-refractivity contribution in [3.05, 3.63) is 22.4 Å². The third-order valence-corrected chi connectivity index (χ3v) is 6.20. The molecular formula is C20H27F2N5O3. The van der Waals surface area contributed by atoms with Crippen molar-refractivity contribution in [3.8, 4) is 0 Å². The van der Waals surface area contributed by atoms with Gasteiger partial charge in [0, 0.05) is 31.8 Å². The maximum Gasteiger partial charge on any atom is 0.262 e. The molecule has 2 aromatic rings. The number of hydrogen-bond donors (Lipinski definition) is 1. The van der Waals surface area contributed by atoms with Crippen molar-refractivity contribution in [2.24, 2.45) is 0 Å². The fourth-order valence-electron chi connectivity index (χ4n) is 4.05. The Morgan fingerprint density at radius 2 is 1.87 bits per heavy atom. The number of ether oxygens (including phenoxy) is 1. The SMILES string of the molecule is O=CN1CCOCC1.O=c1[nH]c(C2CCC2)nc2c1cnn2C1CCC(F)(F)CC1. The van der Waals surface area contributed by atoms with E-state index in [0.29, 0.717) is 48.8 Å². The number of hydrogen-bond acceptors (Lipinski definition) is 5. The second-order valence-corrected chi connectivity index (χ2v) is 8.25. The topological polar surface area (TPSA) is 93.1 Å². The van der Waals surface area contributed by atoms with Crippen LogP contribution in [0.2, 0.25) is 0 Å². The fraction of sp³-hybridized carbons (Fsp3) is 0.700. The van der Waals surface area contributed by atoms with Crippen LogP contribution in [0.25, 0.3) is 11.0 Å². The summed E-state index contributed by atoms with van der Waals surface area (Å²) in [5, 5.41) is 4.71. The minimum absolute atomic E-state index is 0.0966. The molecule has 3 aliphatic rings. The molecule has 0 spiro atoms. The largest absolute Gasteiger partial charge is 0.378 e. The minimum Gasteiger partial charge on any atom is -0.378 e. The highest BCUT2D eigenvalue weighted by atomic mass is 19.3. The number of aromatic amines is 1. The maximum absolute atomic E-state index is 13.3. The monoisotopic (exact) mass is 423 g/mol. The van der Waals surface area contributed by atoms with E-state index in [-0.39, 0.29) is 24.4 Å². The molecule has 8 nitrogen and oxygen atoms in total. The lowest BCUT2D eigenvalue weighted by atomic mass is 9.85. The zero-order chi connectivity index (χ0) is 21.1. The molecule has 5 rings (SSSR count). The number of amides is 1. The summed E-state index contributed by atoms with van der Waals surface area (Å²) in [7, 11) is 0. The van der Waals surface area contributed by atoms with Crippen molar-refractivity contribution in [2.75, 3.05) is 26.3 Å². The third-order valence-electron chi connectivity index (χ3n) is 6.20. The molecule has 1 N–H and O–H groups in total. The van der Waals surface area contributed by atoms with Gasteiger partial charge in [-0.2, -0.15) is 5.10 Å². The molecule has 164 valence electrons. The Balaban J connectivity index is 0.000000230. The molecule has 10 heteroatoms. The first kappa shape index (κ1) is 20.9. The van der Waals surface area contributed by atoms with E-state index in [1.807, 2.05) is 0 Å². The van der Waals surface area contributed by atoms with E-state index in [1.54, 1.807) is 9.58 Å². The van der Waals surface area contributed by atoms with Gasteiger partial charge < -0.3 is 14.6 Å². The van der Waals surface area contributed by atoms with Crippen LogP contribution in [-0.2, 0) is 9.53 Å². The van der Waals surface area contributed by atoms with Gasteiger partial charge in [-0.25, -0.2) is 18.4 Å². The first-order valence-electron chi connectivity index (χ1n) is 10.6. The van der Waals surface area contributed by atoms with Crippen molar-refractivity contribution in [1.29, 1.82) is 0 Å². The Bertz CT molecular complexity index is 924. The van der Waals surface area contributed by atoms with Crippen molar-refractivity contribution >= 4 is 17.4 Å². The van der Waals surface area contributed by atoms with Gasteiger partial charge in [-0.15, -0.1) is 0 Å². The van der Waals surface area contributed by atoms with Crippen LogP contribution in [0.4, 0.5) is 8.78 Å². The van der Waals surface area contributed by atoms with E-state index in [9.17, 15) is 18.4 Å². The van der Waals surface area contributed by atoms with E-state index in [1.165, 1.54) is 6.20 Å². The normalized spacial score (nSPS) is 22.3. The molecule has 1 saturated heterocycles. The second-order valence-electron chi connectivity index (χ2n) is 8.25. The molecule has 2 aromatic heterocycles. The Hall–Kier alpha value is -2.36. The molecule has 1 aliphatic heterocycles. The summed E-state index contributed by atoms with van der Waals surface area (Å²) in [6.07, 6.45) is 6.09. The molecule has 0 radical (unpaired) electrons. The third kappa shape index (κ3) is 4.53. The van der Waals surface area contributed by atoms with Gasteiger partial charge in [-0.1, -0.05) is 6.42 Å². The number of aromatic nitrogens is 4. The van der Waals surface area contributed by atoms with Gasteiger partial charge in [-0.3, -0.25) is 9.59 Å². The lowest BCUT2D eigenvalue weighted by molar-refractivity contribution is -0.121. The van der Waals surface area contributed by atoms with Gasteiger partial charge in [0.25, 0.3) is 5.56 Å². The van der Waals surface area contributed by atoms with Crippen LogP contribution >= 0.6 is 0 Å². The van der Waals surface area contributed by atoms with Gasteiger partial charge in [-0.05, 0) is 25.7 Å². The average molecular weight is 423 g/mol. The van der Waals surface area contributed by atoms with Gasteiger partial charge in [0.05, 0.1) is 25.5 Å². The summed E-state index contributed by atoms with van der Waals surface area (Å²) in [5.41, 5.74) is 0.361. The smallest absolute Gasteiger partial charge is 0.262 e. The molecule has 2 saturated carbocycles. The van der Waals surface area contributed by atoms with Crippen LogP contribution < -0.4 is 5.56 Å². The predicted octanol–water partition coefficient (Wildman–Crippen LogP) is 2.61. The summed E-state index contributed by atoms with van der Waals surface area (Å²) in [6.45, 7) is 2.89. The standard InChI is InChI=1S/C15H18F2N4O.C5H9NO2/c16-15(17)6-4-10(5-7-15)21-13-11(8-18-21)14(22)20-12(19-13)9-2-1-3-9;7-5-6-1-3-8-4-2-6/h8-10H,1-7H2,(H,19,20,22);5H,1-4H2. The molecule has 1 amide bonds. The van der Waals surface area contributed by atoms with Crippen molar-refractivity contribution in [3.63, 3.8) is 0 Å². The molecule has 0 unspecified atom stereocenters. The first-order chi connectivity index (χ1) is 14.5.